The molecule has 4 heteroatoms. The highest BCUT2D eigenvalue weighted by Gasteiger charge is 2.14. The van der Waals surface area contributed by atoms with Crippen LogP contribution in [0.15, 0.2) is 0 Å². The van der Waals surface area contributed by atoms with Crippen molar-refractivity contribution in [1.82, 2.24) is 5.32 Å². The van der Waals surface area contributed by atoms with Crippen molar-refractivity contribution in [1.29, 1.82) is 0 Å². The minimum atomic E-state index is -0.307. The van der Waals surface area contributed by atoms with Crippen molar-refractivity contribution in [2.24, 2.45) is 5.73 Å². The molecule has 4 nitrogen and oxygen atoms in total. The van der Waals surface area contributed by atoms with E-state index in [0.717, 1.165) is 6.42 Å². The normalized spacial score (nSPS) is 13.8. The van der Waals surface area contributed by atoms with Gasteiger partial charge in [-0.15, -0.1) is 0 Å². The molecule has 0 unspecified atom stereocenters. The van der Waals surface area contributed by atoms with Gasteiger partial charge in [-0.3, -0.25) is 4.79 Å². The average molecular weight is 202 g/mol. The second kappa shape index (κ2) is 5.98. The maximum atomic E-state index is 11.3. The van der Waals surface area contributed by atoms with E-state index in [9.17, 15) is 4.79 Å². The molecular weight excluding hydrogens is 180 g/mol. The van der Waals surface area contributed by atoms with E-state index < -0.39 is 0 Å². The van der Waals surface area contributed by atoms with Crippen LogP contribution in [0.1, 0.15) is 40.0 Å². The molecule has 0 aromatic carbocycles. The highest BCUT2D eigenvalue weighted by molar-refractivity contribution is 5.76. The molecule has 0 spiro atoms. The second-order valence-corrected chi connectivity index (χ2v) is 4.34. The largest absolute Gasteiger partial charge is 0.394 e. The van der Waals surface area contributed by atoms with Crippen molar-refractivity contribution in [3.05, 3.63) is 0 Å². The van der Waals surface area contributed by atoms with Crippen LogP contribution in [0.3, 0.4) is 0 Å². The zero-order chi connectivity index (χ0) is 11.2. The molecule has 14 heavy (non-hydrogen) atoms. The van der Waals surface area contributed by atoms with Gasteiger partial charge < -0.3 is 16.2 Å². The quantitative estimate of drug-likeness (QED) is 0.583. The third-order valence-electron chi connectivity index (χ3n) is 2.07. The van der Waals surface area contributed by atoms with E-state index in [-0.39, 0.29) is 24.1 Å². The van der Waals surface area contributed by atoms with E-state index >= 15 is 0 Å². The first kappa shape index (κ1) is 13.4. The Labute approximate surface area is 85.9 Å². The Balaban J connectivity index is 3.75. The first-order chi connectivity index (χ1) is 6.39. The minimum absolute atomic E-state index is 0.00570. The average Bonchev–Trinajstić information content (AvgIpc) is 2.09. The van der Waals surface area contributed by atoms with Gasteiger partial charge in [-0.2, -0.15) is 0 Å². The first-order valence-electron chi connectivity index (χ1n) is 5.08. The van der Waals surface area contributed by atoms with Gasteiger partial charge in [-0.25, -0.2) is 0 Å². The van der Waals surface area contributed by atoms with Crippen LogP contribution >= 0.6 is 0 Å². The zero-order valence-electron chi connectivity index (χ0n) is 9.34. The molecule has 0 fully saturated rings. The Morgan fingerprint density at radius 1 is 1.57 bits per heavy atom. The molecule has 4 N–H and O–H groups in total. The predicted octanol–water partition coefficient (Wildman–Crippen LogP) is 0.391. The van der Waals surface area contributed by atoms with Gasteiger partial charge in [0.05, 0.1) is 12.6 Å². The molecule has 84 valence electrons. The fourth-order valence-corrected chi connectivity index (χ4v) is 1.01. The fraction of sp³-hybridized carbons (Fsp3) is 0.900. The summed E-state index contributed by atoms with van der Waals surface area (Å²) in [5.41, 5.74) is 5.44. The Hall–Kier alpha value is -0.610. The summed E-state index contributed by atoms with van der Waals surface area (Å²) in [4.78, 5) is 11.3. The van der Waals surface area contributed by atoms with Crippen LogP contribution in [0, 0.1) is 0 Å². The molecule has 0 radical (unpaired) electrons. The van der Waals surface area contributed by atoms with Crippen molar-refractivity contribution in [2.45, 2.75) is 51.6 Å². The lowest BCUT2D eigenvalue weighted by molar-refractivity contribution is -0.122. The molecule has 0 heterocycles. The van der Waals surface area contributed by atoms with Gasteiger partial charge in [-0.05, 0) is 26.7 Å². The molecule has 0 bridgehead atoms. The number of aliphatic hydroxyl groups is 1. The van der Waals surface area contributed by atoms with Crippen LogP contribution in [0.25, 0.3) is 0 Å². The van der Waals surface area contributed by atoms with Crippen LogP contribution < -0.4 is 11.1 Å². The van der Waals surface area contributed by atoms with E-state index in [0.29, 0.717) is 12.8 Å². The molecule has 0 saturated carbocycles. The van der Waals surface area contributed by atoms with Crippen LogP contribution in [-0.2, 0) is 4.79 Å². The molecule has 0 aliphatic heterocycles. The molecule has 0 aromatic rings. The van der Waals surface area contributed by atoms with Crippen molar-refractivity contribution in [3.8, 4) is 0 Å². The molecule has 0 aromatic heterocycles. The Kier molecular flexibility index (Phi) is 5.72. The summed E-state index contributed by atoms with van der Waals surface area (Å²) in [7, 11) is 0. The lowest BCUT2D eigenvalue weighted by atomic mass is 10.00. The topological polar surface area (TPSA) is 75.3 Å². The van der Waals surface area contributed by atoms with Crippen molar-refractivity contribution in [3.63, 3.8) is 0 Å². The third-order valence-corrected chi connectivity index (χ3v) is 2.07. The minimum Gasteiger partial charge on any atom is -0.394 e. The molecule has 0 aliphatic carbocycles. The van der Waals surface area contributed by atoms with Crippen LogP contribution in [-0.4, -0.2) is 29.2 Å². The van der Waals surface area contributed by atoms with Gasteiger partial charge in [-0.1, -0.05) is 6.92 Å². The van der Waals surface area contributed by atoms with E-state index in [1.165, 1.54) is 0 Å². The number of nitrogens with one attached hydrogen (secondary N) is 1. The van der Waals surface area contributed by atoms with Gasteiger partial charge in [0.25, 0.3) is 0 Å². The lowest BCUT2D eigenvalue weighted by Gasteiger charge is -2.19. The number of aliphatic hydroxyl groups excluding tert-OH is 1. The summed E-state index contributed by atoms with van der Waals surface area (Å²) in [5.74, 6) is -0.0376. The molecule has 0 saturated heterocycles. The molecule has 1 amide bonds. The number of carbonyl (C=O) groups excluding carboxylic acids is 1. The maximum absolute atomic E-state index is 11.3. The van der Waals surface area contributed by atoms with Crippen LogP contribution in [0.2, 0.25) is 0 Å². The second-order valence-electron chi connectivity index (χ2n) is 4.34. The van der Waals surface area contributed by atoms with Gasteiger partial charge in [0.15, 0.2) is 0 Å². The van der Waals surface area contributed by atoms with Crippen molar-refractivity contribution >= 4 is 5.91 Å². The lowest BCUT2D eigenvalue weighted by Crippen LogP contribution is -2.39. The maximum Gasteiger partial charge on any atom is 0.220 e. The summed E-state index contributed by atoms with van der Waals surface area (Å²) < 4.78 is 0. The Morgan fingerprint density at radius 3 is 2.50 bits per heavy atom. The van der Waals surface area contributed by atoms with E-state index in [1.807, 2.05) is 20.8 Å². The van der Waals surface area contributed by atoms with E-state index in [2.05, 4.69) is 5.32 Å². The van der Waals surface area contributed by atoms with Crippen LogP contribution in [0.4, 0.5) is 0 Å². The molecule has 0 aliphatic rings. The zero-order valence-corrected chi connectivity index (χ0v) is 9.34. The summed E-state index contributed by atoms with van der Waals surface area (Å²) in [6.45, 7) is 5.70. The predicted molar refractivity (Wildman–Crippen MR) is 56.8 cm³/mol. The van der Waals surface area contributed by atoms with Gasteiger partial charge in [0.1, 0.15) is 0 Å². The number of rotatable bonds is 6. The smallest absolute Gasteiger partial charge is 0.220 e. The van der Waals surface area contributed by atoms with Crippen molar-refractivity contribution < 1.29 is 9.90 Å². The van der Waals surface area contributed by atoms with E-state index in [4.69, 9.17) is 10.8 Å². The first-order valence-corrected chi connectivity index (χ1v) is 5.08. The monoisotopic (exact) mass is 202 g/mol. The summed E-state index contributed by atoms with van der Waals surface area (Å²) >= 11 is 0. The van der Waals surface area contributed by atoms with E-state index in [1.54, 1.807) is 0 Å². The molecular formula is C10H22N2O2. The summed E-state index contributed by atoms with van der Waals surface area (Å²) in [6.07, 6.45) is 1.81. The number of amides is 1. The van der Waals surface area contributed by atoms with Crippen LogP contribution in [0.5, 0.6) is 0 Å². The van der Waals surface area contributed by atoms with Crippen molar-refractivity contribution in [2.75, 3.05) is 6.61 Å². The number of hydrogen-bond acceptors (Lipinski definition) is 3. The van der Waals surface area contributed by atoms with Gasteiger partial charge >= 0.3 is 0 Å². The highest BCUT2D eigenvalue weighted by Crippen LogP contribution is 2.06. The number of hydrogen-bond donors (Lipinski definition) is 3. The standard InChI is InChI=1S/C10H22N2O2/c1-4-8(7-13)12-9(14)5-6-10(2,3)11/h8,13H,4-7,11H2,1-3H3,(H,12,14)/t8-/m0/s1. The van der Waals surface area contributed by atoms with Gasteiger partial charge in [0.2, 0.25) is 5.91 Å². The third kappa shape index (κ3) is 6.86. The Morgan fingerprint density at radius 2 is 2.14 bits per heavy atom. The highest BCUT2D eigenvalue weighted by atomic mass is 16.3. The summed E-state index contributed by atoms with van der Waals surface area (Å²) in [5, 5.41) is 11.6. The fourth-order valence-electron chi connectivity index (χ4n) is 1.01. The Bertz CT molecular complexity index is 171. The molecule has 0 rings (SSSR count). The number of carbonyl (C=O) groups is 1. The SMILES string of the molecule is CC[C@@H](CO)NC(=O)CCC(C)(C)N. The summed E-state index contributed by atoms with van der Waals surface area (Å²) in [6, 6.07) is -0.122. The van der Waals surface area contributed by atoms with Gasteiger partial charge in [0, 0.05) is 12.0 Å². The molecule has 1 atom stereocenters. The number of nitrogens with two attached hydrogens (primary N) is 1.